The zero-order valence-electron chi connectivity index (χ0n) is 16.8. The molecule has 2 aromatic carbocycles. The van der Waals surface area contributed by atoms with Crippen LogP contribution in [0.3, 0.4) is 0 Å². The van der Waals surface area contributed by atoms with E-state index in [9.17, 15) is 4.79 Å². The standard InChI is InChI=1S/C23H25N3O3/c1-3-28-20-12-8-7-11-19(20)25-13-15-26(16-14-25)23(27)21-17(2)29-24-22(21)18-9-5-4-6-10-18/h4-12H,3,13-16H2,1-2H3. The van der Waals surface area contributed by atoms with Gasteiger partial charge in [-0.3, -0.25) is 4.79 Å². The van der Waals surface area contributed by atoms with Crippen molar-refractivity contribution in [1.82, 2.24) is 10.1 Å². The lowest BCUT2D eigenvalue weighted by molar-refractivity contribution is 0.0745. The summed E-state index contributed by atoms with van der Waals surface area (Å²) in [4.78, 5) is 17.4. The summed E-state index contributed by atoms with van der Waals surface area (Å²) in [6.07, 6.45) is 0. The van der Waals surface area contributed by atoms with E-state index in [4.69, 9.17) is 9.26 Å². The minimum atomic E-state index is -0.0275. The molecule has 1 aliphatic heterocycles. The summed E-state index contributed by atoms with van der Waals surface area (Å²) in [5, 5.41) is 4.15. The smallest absolute Gasteiger partial charge is 0.259 e. The third kappa shape index (κ3) is 3.83. The molecule has 0 N–H and O–H groups in total. The second-order valence-corrected chi connectivity index (χ2v) is 7.01. The molecule has 6 nitrogen and oxygen atoms in total. The lowest BCUT2D eigenvalue weighted by Crippen LogP contribution is -2.49. The molecule has 29 heavy (non-hydrogen) atoms. The van der Waals surface area contributed by atoms with Crippen LogP contribution < -0.4 is 9.64 Å². The van der Waals surface area contributed by atoms with Crippen molar-refractivity contribution < 1.29 is 14.1 Å². The van der Waals surface area contributed by atoms with Crippen LogP contribution in [-0.4, -0.2) is 48.7 Å². The molecule has 3 aromatic rings. The van der Waals surface area contributed by atoms with Crippen molar-refractivity contribution in [2.24, 2.45) is 0 Å². The summed E-state index contributed by atoms with van der Waals surface area (Å²) in [6.45, 7) is 7.18. The van der Waals surface area contributed by atoms with Crippen molar-refractivity contribution in [3.8, 4) is 17.0 Å². The molecule has 0 unspecified atom stereocenters. The van der Waals surface area contributed by atoms with Crippen molar-refractivity contribution in [1.29, 1.82) is 0 Å². The number of piperazine rings is 1. The Hall–Kier alpha value is -3.28. The Bertz CT molecular complexity index is 976. The highest BCUT2D eigenvalue weighted by Gasteiger charge is 2.29. The van der Waals surface area contributed by atoms with Crippen LogP contribution in [0.2, 0.25) is 0 Å². The van der Waals surface area contributed by atoms with E-state index < -0.39 is 0 Å². The molecule has 6 heteroatoms. The molecule has 0 bridgehead atoms. The number of hydrogen-bond donors (Lipinski definition) is 0. The first-order chi connectivity index (χ1) is 14.2. The summed E-state index contributed by atoms with van der Waals surface area (Å²) < 4.78 is 11.1. The molecule has 1 amide bonds. The van der Waals surface area contributed by atoms with Gasteiger partial charge in [0.05, 0.1) is 12.3 Å². The highest BCUT2D eigenvalue weighted by molar-refractivity contribution is 6.00. The van der Waals surface area contributed by atoms with Crippen molar-refractivity contribution in [3.63, 3.8) is 0 Å². The number of carbonyl (C=O) groups excluding carboxylic acids is 1. The van der Waals surface area contributed by atoms with E-state index in [-0.39, 0.29) is 5.91 Å². The average molecular weight is 391 g/mol. The van der Waals surface area contributed by atoms with Gasteiger partial charge >= 0.3 is 0 Å². The summed E-state index contributed by atoms with van der Waals surface area (Å²) in [5.41, 5.74) is 3.13. The van der Waals surface area contributed by atoms with Gasteiger partial charge in [-0.15, -0.1) is 0 Å². The number of anilines is 1. The van der Waals surface area contributed by atoms with Crippen LogP contribution in [0, 0.1) is 6.92 Å². The van der Waals surface area contributed by atoms with Gasteiger partial charge in [0.15, 0.2) is 0 Å². The van der Waals surface area contributed by atoms with Gasteiger partial charge in [0.25, 0.3) is 5.91 Å². The molecule has 0 radical (unpaired) electrons. The lowest BCUT2D eigenvalue weighted by atomic mass is 10.0. The van der Waals surface area contributed by atoms with E-state index in [0.29, 0.717) is 36.7 Å². The molecular weight excluding hydrogens is 366 g/mol. The molecule has 0 atom stereocenters. The third-order valence-electron chi connectivity index (χ3n) is 5.20. The summed E-state index contributed by atoms with van der Waals surface area (Å²) >= 11 is 0. The Balaban J connectivity index is 1.50. The average Bonchev–Trinajstić information content (AvgIpc) is 3.16. The van der Waals surface area contributed by atoms with Crippen LogP contribution in [0.4, 0.5) is 5.69 Å². The molecule has 150 valence electrons. The largest absolute Gasteiger partial charge is 0.492 e. The minimum absolute atomic E-state index is 0.0275. The molecular formula is C23H25N3O3. The molecule has 0 aliphatic carbocycles. The third-order valence-corrected chi connectivity index (χ3v) is 5.20. The van der Waals surface area contributed by atoms with Crippen molar-refractivity contribution in [2.45, 2.75) is 13.8 Å². The minimum Gasteiger partial charge on any atom is -0.492 e. The molecule has 1 aliphatic rings. The fourth-order valence-corrected chi connectivity index (χ4v) is 3.72. The first-order valence-corrected chi connectivity index (χ1v) is 9.96. The number of benzene rings is 2. The van der Waals surface area contributed by atoms with Crippen LogP contribution in [0.15, 0.2) is 59.1 Å². The van der Waals surface area contributed by atoms with E-state index >= 15 is 0 Å². The van der Waals surface area contributed by atoms with Gasteiger partial charge in [-0.1, -0.05) is 47.6 Å². The number of aromatic nitrogens is 1. The first kappa shape index (κ1) is 19.1. The number of amides is 1. The highest BCUT2D eigenvalue weighted by Crippen LogP contribution is 2.30. The second-order valence-electron chi connectivity index (χ2n) is 7.01. The maximum Gasteiger partial charge on any atom is 0.259 e. The van der Waals surface area contributed by atoms with Crippen molar-refractivity contribution in [2.75, 3.05) is 37.7 Å². The SMILES string of the molecule is CCOc1ccccc1N1CCN(C(=O)c2c(-c3ccccc3)noc2C)CC1. The number of para-hydroxylation sites is 2. The Morgan fingerprint density at radius 3 is 2.45 bits per heavy atom. The van der Waals surface area contributed by atoms with Crippen LogP contribution in [0.1, 0.15) is 23.0 Å². The molecule has 4 rings (SSSR count). The molecule has 1 aromatic heterocycles. The summed E-state index contributed by atoms with van der Waals surface area (Å²) in [6, 6.07) is 17.7. The maximum atomic E-state index is 13.3. The van der Waals surface area contributed by atoms with Gasteiger partial charge in [-0.2, -0.15) is 0 Å². The Morgan fingerprint density at radius 2 is 1.72 bits per heavy atom. The zero-order valence-corrected chi connectivity index (χ0v) is 16.8. The summed E-state index contributed by atoms with van der Waals surface area (Å²) in [5.74, 6) is 1.41. The van der Waals surface area contributed by atoms with Gasteiger partial charge in [0, 0.05) is 31.7 Å². The fraction of sp³-hybridized carbons (Fsp3) is 0.304. The molecule has 0 saturated carbocycles. The van der Waals surface area contributed by atoms with E-state index in [1.807, 2.05) is 60.4 Å². The van der Waals surface area contributed by atoms with E-state index in [1.165, 1.54) is 0 Å². The quantitative estimate of drug-likeness (QED) is 0.658. The molecule has 1 fully saturated rings. The number of nitrogens with zero attached hydrogens (tertiary/aromatic N) is 3. The Kier molecular flexibility index (Phi) is 5.51. The van der Waals surface area contributed by atoms with Crippen LogP contribution in [0.5, 0.6) is 5.75 Å². The summed E-state index contributed by atoms with van der Waals surface area (Å²) in [7, 11) is 0. The number of ether oxygens (including phenoxy) is 1. The monoisotopic (exact) mass is 391 g/mol. The van der Waals surface area contributed by atoms with Crippen molar-refractivity contribution >= 4 is 11.6 Å². The number of rotatable bonds is 5. The normalized spacial score (nSPS) is 14.1. The van der Waals surface area contributed by atoms with E-state index in [2.05, 4.69) is 16.1 Å². The predicted octanol–water partition coefficient (Wildman–Crippen LogP) is 4.01. The Morgan fingerprint density at radius 1 is 1.03 bits per heavy atom. The first-order valence-electron chi connectivity index (χ1n) is 9.96. The fourth-order valence-electron chi connectivity index (χ4n) is 3.72. The highest BCUT2D eigenvalue weighted by atomic mass is 16.5. The molecule has 2 heterocycles. The van der Waals surface area contributed by atoms with E-state index in [0.717, 1.165) is 30.1 Å². The maximum absolute atomic E-state index is 13.3. The van der Waals surface area contributed by atoms with Gasteiger partial charge in [0.2, 0.25) is 0 Å². The van der Waals surface area contributed by atoms with Gasteiger partial charge < -0.3 is 19.1 Å². The van der Waals surface area contributed by atoms with Gasteiger partial charge in [-0.05, 0) is 26.0 Å². The van der Waals surface area contributed by atoms with Crippen molar-refractivity contribution in [3.05, 3.63) is 65.9 Å². The van der Waals surface area contributed by atoms with Gasteiger partial charge in [-0.25, -0.2) is 0 Å². The molecule has 1 saturated heterocycles. The Labute approximate surface area is 170 Å². The van der Waals surface area contributed by atoms with Crippen LogP contribution in [-0.2, 0) is 0 Å². The zero-order chi connectivity index (χ0) is 20.2. The number of carbonyl (C=O) groups is 1. The number of aryl methyl sites for hydroxylation is 1. The number of hydrogen-bond acceptors (Lipinski definition) is 5. The second kappa shape index (κ2) is 8.39. The topological polar surface area (TPSA) is 58.8 Å². The van der Waals surface area contributed by atoms with Crippen LogP contribution in [0.25, 0.3) is 11.3 Å². The van der Waals surface area contributed by atoms with E-state index in [1.54, 1.807) is 6.92 Å². The van der Waals surface area contributed by atoms with Gasteiger partial charge in [0.1, 0.15) is 22.8 Å². The molecule has 0 spiro atoms. The lowest BCUT2D eigenvalue weighted by Gasteiger charge is -2.36. The predicted molar refractivity (Wildman–Crippen MR) is 112 cm³/mol. The van der Waals surface area contributed by atoms with Crippen LogP contribution >= 0.6 is 0 Å².